The van der Waals surface area contributed by atoms with Gasteiger partial charge in [0.25, 0.3) is 0 Å². The van der Waals surface area contributed by atoms with E-state index in [9.17, 15) is 13.2 Å². The number of carbonyl (C=O) groups excluding carboxylic acids is 1. The summed E-state index contributed by atoms with van der Waals surface area (Å²) in [6.07, 6.45) is 4.52. The number of carbonyl (C=O) groups is 1. The van der Waals surface area contributed by atoms with E-state index in [-0.39, 0.29) is 18.3 Å². The van der Waals surface area contributed by atoms with E-state index >= 15 is 0 Å². The fourth-order valence-corrected chi connectivity index (χ4v) is 4.68. The fourth-order valence-electron chi connectivity index (χ4n) is 3.26. The van der Waals surface area contributed by atoms with Crippen LogP contribution in [0.4, 0.5) is 0 Å². The first kappa shape index (κ1) is 22.1. The molecule has 1 aromatic rings. The van der Waals surface area contributed by atoms with Gasteiger partial charge in [-0.1, -0.05) is 25.5 Å². The predicted molar refractivity (Wildman–Crippen MR) is 109 cm³/mol. The van der Waals surface area contributed by atoms with Crippen LogP contribution in [0.1, 0.15) is 31.7 Å². The second-order valence-electron chi connectivity index (χ2n) is 7.25. The highest BCUT2D eigenvalue weighted by Crippen LogP contribution is 2.27. The standard InChI is InChI=1S/C19H29N3O3S.ClH/c1-2-3-16-6-8-18(9-7-16)26(24,25)22-12-10-21(11-13-22)19(23)15-20-14-17-4-5-17;/h6-9,17,20H,2-5,10-15H2,1H3;1H. The van der Waals surface area contributed by atoms with E-state index in [1.165, 1.54) is 17.1 Å². The van der Waals surface area contributed by atoms with Gasteiger partial charge in [0.1, 0.15) is 0 Å². The lowest BCUT2D eigenvalue weighted by molar-refractivity contribution is -0.131. The van der Waals surface area contributed by atoms with Crippen molar-refractivity contribution in [3.63, 3.8) is 0 Å². The lowest BCUT2D eigenvalue weighted by atomic mass is 10.1. The highest BCUT2D eigenvalue weighted by molar-refractivity contribution is 7.89. The van der Waals surface area contributed by atoms with Crippen LogP contribution in [0.2, 0.25) is 0 Å². The lowest BCUT2D eigenvalue weighted by Crippen LogP contribution is -2.52. The molecule has 0 radical (unpaired) electrons. The van der Waals surface area contributed by atoms with Crippen LogP contribution in [0.25, 0.3) is 0 Å². The summed E-state index contributed by atoms with van der Waals surface area (Å²) in [5.74, 6) is 0.806. The third-order valence-electron chi connectivity index (χ3n) is 5.10. The van der Waals surface area contributed by atoms with E-state index in [2.05, 4.69) is 12.2 Å². The zero-order chi connectivity index (χ0) is 18.6. The number of rotatable bonds is 8. The van der Waals surface area contributed by atoms with Crippen molar-refractivity contribution >= 4 is 28.3 Å². The van der Waals surface area contributed by atoms with Gasteiger partial charge in [-0.2, -0.15) is 4.31 Å². The molecule has 1 N–H and O–H groups in total. The van der Waals surface area contributed by atoms with Crippen molar-refractivity contribution in [3.8, 4) is 0 Å². The number of amides is 1. The quantitative estimate of drug-likeness (QED) is 0.703. The van der Waals surface area contributed by atoms with Crippen LogP contribution in [0.15, 0.2) is 29.2 Å². The zero-order valence-electron chi connectivity index (χ0n) is 15.9. The zero-order valence-corrected chi connectivity index (χ0v) is 17.5. The maximum atomic E-state index is 12.8. The van der Waals surface area contributed by atoms with Gasteiger partial charge in [-0.25, -0.2) is 8.42 Å². The molecule has 1 saturated heterocycles. The molecule has 1 aromatic carbocycles. The molecule has 0 unspecified atom stereocenters. The van der Waals surface area contributed by atoms with Crippen molar-refractivity contribution in [2.75, 3.05) is 39.3 Å². The molecule has 0 spiro atoms. The summed E-state index contributed by atoms with van der Waals surface area (Å²) in [6.45, 7) is 4.98. The fraction of sp³-hybridized carbons (Fsp3) is 0.632. The summed E-state index contributed by atoms with van der Waals surface area (Å²) in [4.78, 5) is 14.3. The van der Waals surface area contributed by atoms with Gasteiger partial charge in [-0.05, 0) is 49.4 Å². The van der Waals surface area contributed by atoms with E-state index in [0.717, 1.165) is 30.9 Å². The maximum Gasteiger partial charge on any atom is 0.243 e. The average molecular weight is 416 g/mol. The van der Waals surface area contributed by atoms with Crippen molar-refractivity contribution in [2.24, 2.45) is 5.92 Å². The molecule has 1 saturated carbocycles. The molecule has 27 heavy (non-hydrogen) atoms. The summed E-state index contributed by atoms with van der Waals surface area (Å²) in [5.41, 5.74) is 1.15. The van der Waals surface area contributed by atoms with Crippen molar-refractivity contribution in [2.45, 2.75) is 37.5 Å². The molecular weight excluding hydrogens is 386 g/mol. The topological polar surface area (TPSA) is 69.7 Å². The van der Waals surface area contributed by atoms with Crippen LogP contribution in [0.3, 0.4) is 0 Å². The molecule has 1 heterocycles. The molecule has 1 aliphatic carbocycles. The third-order valence-corrected chi connectivity index (χ3v) is 7.01. The molecule has 0 atom stereocenters. The van der Waals surface area contributed by atoms with E-state index in [4.69, 9.17) is 0 Å². The second-order valence-corrected chi connectivity index (χ2v) is 9.19. The Morgan fingerprint density at radius 1 is 1.11 bits per heavy atom. The van der Waals surface area contributed by atoms with E-state index in [1.807, 2.05) is 12.1 Å². The van der Waals surface area contributed by atoms with Gasteiger partial charge < -0.3 is 10.2 Å². The van der Waals surface area contributed by atoms with Crippen LogP contribution >= 0.6 is 12.4 Å². The number of hydrogen-bond donors (Lipinski definition) is 1. The Morgan fingerprint density at radius 3 is 2.30 bits per heavy atom. The molecule has 1 amide bonds. The highest BCUT2D eigenvalue weighted by atomic mass is 35.5. The molecule has 6 nitrogen and oxygen atoms in total. The van der Waals surface area contributed by atoms with Crippen molar-refractivity contribution in [1.82, 2.24) is 14.5 Å². The Hall–Kier alpha value is -1.15. The molecule has 0 aromatic heterocycles. The van der Waals surface area contributed by atoms with Gasteiger partial charge in [-0.3, -0.25) is 4.79 Å². The molecule has 152 valence electrons. The summed E-state index contributed by atoms with van der Waals surface area (Å²) in [5, 5.41) is 3.20. The monoisotopic (exact) mass is 415 g/mol. The number of nitrogens with one attached hydrogen (secondary N) is 1. The van der Waals surface area contributed by atoms with E-state index in [0.29, 0.717) is 37.6 Å². The third kappa shape index (κ3) is 5.91. The minimum absolute atomic E-state index is 0. The van der Waals surface area contributed by atoms with Crippen molar-refractivity contribution in [3.05, 3.63) is 29.8 Å². The van der Waals surface area contributed by atoms with Gasteiger partial charge in [0.2, 0.25) is 15.9 Å². The summed E-state index contributed by atoms with van der Waals surface area (Å²) in [6, 6.07) is 7.17. The van der Waals surface area contributed by atoms with Crippen LogP contribution in [-0.2, 0) is 21.2 Å². The lowest BCUT2D eigenvalue weighted by Gasteiger charge is -2.34. The molecule has 1 aliphatic heterocycles. The van der Waals surface area contributed by atoms with Gasteiger partial charge in [0.15, 0.2) is 0 Å². The van der Waals surface area contributed by atoms with Gasteiger partial charge in [0, 0.05) is 26.2 Å². The maximum absolute atomic E-state index is 12.8. The predicted octanol–water partition coefficient (Wildman–Crippen LogP) is 1.89. The molecule has 3 rings (SSSR count). The Bertz CT molecular complexity index is 712. The smallest absolute Gasteiger partial charge is 0.243 e. The summed E-state index contributed by atoms with van der Waals surface area (Å²) >= 11 is 0. The normalized spacial score (nSPS) is 18.2. The first-order valence-electron chi connectivity index (χ1n) is 9.58. The summed E-state index contributed by atoms with van der Waals surface area (Å²) in [7, 11) is -3.48. The van der Waals surface area contributed by atoms with E-state index in [1.54, 1.807) is 17.0 Å². The van der Waals surface area contributed by atoms with Crippen molar-refractivity contribution in [1.29, 1.82) is 0 Å². The molecule has 2 aliphatic rings. The Morgan fingerprint density at radius 2 is 1.74 bits per heavy atom. The van der Waals surface area contributed by atoms with Crippen LogP contribution in [0, 0.1) is 5.92 Å². The molecule has 8 heteroatoms. The number of nitrogens with zero attached hydrogens (tertiary/aromatic N) is 2. The number of benzene rings is 1. The van der Waals surface area contributed by atoms with Gasteiger partial charge in [-0.15, -0.1) is 12.4 Å². The molecule has 2 fully saturated rings. The minimum Gasteiger partial charge on any atom is -0.339 e. The van der Waals surface area contributed by atoms with Crippen LogP contribution < -0.4 is 5.32 Å². The highest BCUT2D eigenvalue weighted by Gasteiger charge is 2.30. The number of halogens is 1. The first-order chi connectivity index (χ1) is 12.5. The Kier molecular flexibility index (Phi) is 8.09. The minimum atomic E-state index is -3.48. The average Bonchev–Trinajstić information content (AvgIpc) is 3.47. The molecular formula is C19H30ClN3O3S. The van der Waals surface area contributed by atoms with Crippen LogP contribution in [0.5, 0.6) is 0 Å². The summed E-state index contributed by atoms with van der Waals surface area (Å²) < 4.78 is 27.1. The number of hydrogen-bond acceptors (Lipinski definition) is 4. The largest absolute Gasteiger partial charge is 0.339 e. The number of aryl methyl sites for hydroxylation is 1. The van der Waals surface area contributed by atoms with Gasteiger partial charge in [0.05, 0.1) is 11.4 Å². The first-order valence-corrected chi connectivity index (χ1v) is 11.0. The second kappa shape index (κ2) is 9.87. The Balaban J connectivity index is 0.00000261. The van der Waals surface area contributed by atoms with Crippen LogP contribution in [-0.4, -0.2) is 62.8 Å². The van der Waals surface area contributed by atoms with Crippen molar-refractivity contribution < 1.29 is 13.2 Å². The van der Waals surface area contributed by atoms with E-state index < -0.39 is 10.0 Å². The molecule has 0 bridgehead atoms. The number of piperazine rings is 1. The Labute approximate surface area is 168 Å². The van der Waals surface area contributed by atoms with Gasteiger partial charge >= 0.3 is 0 Å². The SMILES string of the molecule is CCCc1ccc(S(=O)(=O)N2CCN(C(=O)CNCC3CC3)CC2)cc1.Cl. The number of sulfonamides is 1.